The van der Waals surface area contributed by atoms with Crippen molar-refractivity contribution in [2.45, 2.75) is 12.3 Å². The van der Waals surface area contributed by atoms with Crippen LogP contribution in [0.2, 0.25) is 0 Å². The van der Waals surface area contributed by atoms with Crippen LogP contribution in [-0.4, -0.2) is 10.9 Å². The first-order chi connectivity index (χ1) is 12.5. The van der Waals surface area contributed by atoms with Gasteiger partial charge in [-0.3, -0.25) is 4.79 Å². The van der Waals surface area contributed by atoms with Crippen molar-refractivity contribution in [1.29, 1.82) is 5.26 Å². The van der Waals surface area contributed by atoms with Gasteiger partial charge in [0.05, 0.1) is 11.2 Å². The number of benzene rings is 1. The molecule has 0 spiro atoms. The van der Waals surface area contributed by atoms with Crippen LogP contribution in [0.15, 0.2) is 30.3 Å². The minimum absolute atomic E-state index is 0.0546. The first-order valence-electron chi connectivity index (χ1n) is 7.90. The van der Waals surface area contributed by atoms with Crippen molar-refractivity contribution in [3.8, 4) is 6.07 Å². The van der Waals surface area contributed by atoms with Gasteiger partial charge in [0.15, 0.2) is 0 Å². The third kappa shape index (κ3) is 2.29. The second-order valence-corrected chi connectivity index (χ2v) is 7.10. The van der Waals surface area contributed by atoms with Gasteiger partial charge in [0.25, 0.3) is 4.67 Å². The maximum atomic E-state index is 12.2. The van der Waals surface area contributed by atoms with E-state index in [0.29, 0.717) is 20.6 Å². The molecule has 1 aliphatic heterocycles. The lowest BCUT2D eigenvalue weighted by Gasteiger charge is -2.26. The normalized spacial score (nSPS) is 16.0. The molecule has 0 fully saturated rings. The van der Waals surface area contributed by atoms with Crippen molar-refractivity contribution in [2.75, 3.05) is 16.8 Å². The van der Waals surface area contributed by atoms with Gasteiger partial charge in [0, 0.05) is 17.9 Å². The quantitative estimate of drug-likeness (QED) is 0.497. The van der Waals surface area contributed by atoms with E-state index in [1.807, 2.05) is 36.4 Å². The predicted octanol–water partition coefficient (Wildman–Crippen LogP) is 0.466. The largest absolute Gasteiger partial charge is 0.397 e. The summed E-state index contributed by atoms with van der Waals surface area (Å²) in [7, 11) is 0. The number of aromatic nitrogens is 1. The highest BCUT2D eigenvalue weighted by atomic mass is 32.1. The topological polar surface area (TPSA) is 143 Å². The fourth-order valence-electron chi connectivity index (χ4n) is 3.36. The molecule has 4 rings (SSSR count). The van der Waals surface area contributed by atoms with Crippen LogP contribution in [0.5, 0.6) is 0 Å². The lowest BCUT2D eigenvalue weighted by Crippen LogP contribution is -2.44. The molecule has 1 amide bonds. The van der Waals surface area contributed by atoms with E-state index < -0.39 is 0 Å². The average molecular weight is 363 g/mol. The van der Waals surface area contributed by atoms with E-state index >= 15 is 0 Å². The van der Waals surface area contributed by atoms with Crippen LogP contribution in [0.1, 0.15) is 29.0 Å². The lowest BCUT2D eigenvalue weighted by molar-refractivity contribution is -0.164. The Labute approximate surface area is 152 Å². The van der Waals surface area contributed by atoms with Gasteiger partial charge >= 0.3 is 0 Å². The van der Waals surface area contributed by atoms with Gasteiger partial charge in [0.2, 0.25) is 5.91 Å². The van der Waals surface area contributed by atoms with Gasteiger partial charge in [-0.1, -0.05) is 41.7 Å². The van der Waals surface area contributed by atoms with E-state index in [2.05, 4.69) is 10.3 Å². The number of anilines is 3. The number of nitriles is 1. The smallest absolute Gasteiger partial charge is 0.266 e. The van der Waals surface area contributed by atoms with Crippen LogP contribution in [-0.2, 0) is 4.79 Å². The highest BCUT2D eigenvalue weighted by Gasteiger charge is 2.32. The zero-order valence-corrected chi connectivity index (χ0v) is 14.4. The van der Waals surface area contributed by atoms with E-state index in [0.717, 1.165) is 11.1 Å². The molecule has 128 valence electrons. The summed E-state index contributed by atoms with van der Waals surface area (Å²) in [5, 5.41) is 19.5. The van der Waals surface area contributed by atoms with Crippen molar-refractivity contribution in [3.05, 3.63) is 51.7 Å². The fraction of sp³-hybridized carbons (Fsp3) is 0.111. The van der Waals surface area contributed by atoms with Crippen molar-refractivity contribution in [2.24, 2.45) is 0 Å². The highest BCUT2D eigenvalue weighted by molar-refractivity contribution is 7.14. The monoisotopic (exact) mass is 363 g/mol. The summed E-state index contributed by atoms with van der Waals surface area (Å²) in [6.07, 6.45) is 0.282. The maximum Gasteiger partial charge on any atom is 0.266 e. The standard InChI is InChI=1S/C18H14N6OS/c19-7-10-14(20)13-15(24-16(10)21)12-9(8-4-2-1-3-5-8)6-11(25)23-18(12)26-17(13)22/h1-5,9,22H,6H2,(H,23,25)(H4,20,21,24)/p+1/t9-/m0/s1. The number of rotatable bonds is 1. The molecule has 0 radical (unpaired) electrons. The van der Waals surface area contributed by atoms with E-state index in [4.69, 9.17) is 16.9 Å². The molecule has 3 aromatic rings. The third-order valence-corrected chi connectivity index (χ3v) is 5.48. The van der Waals surface area contributed by atoms with Gasteiger partial charge < -0.3 is 16.8 Å². The molecule has 1 atom stereocenters. The summed E-state index contributed by atoms with van der Waals surface area (Å²) < 4.78 is 0.384. The number of nitrogens with zero attached hydrogens (tertiary/aromatic N) is 2. The molecule has 1 aliphatic rings. The summed E-state index contributed by atoms with van der Waals surface area (Å²) in [4.78, 5) is 16.7. The lowest BCUT2D eigenvalue weighted by atomic mass is 9.86. The SMILES string of the molecule is N#Cc1c(N)nc2c3c(sc(=[NH2+])c2c1N)NC(=O)C[C@H]3c1ccccc1. The van der Waals surface area contributed by atoms with Gasteiger partial charge in [-0.05, 0) is 5.56 Å². The Hall–Kier alpha value is -3.44. The Morgan fingerprint density at radius 2 is 2.04 bits per heavy atom. The van der Waals surface area contributed by atoms with Crippen molar-refractivity contribution in [1.82, 2.24) is 4.98 Å². The zero-order chi connectivity index (χ0) is 18.4. The summed E-state index contributed by atoms with van der Waals surface area (Å²) >= 11 is 1.23. The Kier molecular flexibility index (Phi) is 3.60. The van der Waals surface area contributed by atoms with Crippen LogP contribution < -0.4 is 26.9 Å². The number of nitrogen functional groups attached to an aromatic ring is 2. The average Bonchev–Trinajstić information content (AvgIpc) is 2.61. The molecule has 7 N–H and O–H groups in total. The van der Waals surface area contributed by atoms with Crippen molar-refractivity contribution >= 4 is 44.7 Å². The molecular weight excluding hydrogens is 348 g/mol. The van der Waals surface area contributed by atoms with Crippen molar-refractivity contribution < 1.29 is 10.2 Å². The molecule has 2 aromatic heterocycles. The minimum Gasteiger partial charge on any atom is -0.397 e. The number of amides is 1. The number of fused-ring (bicyclic) bond motifs is 3. The van der Waals surface area contributed by atoms with Gasteiger partial charge in [-0.15, -0.1) is 0 Å². The number of nitrogens with one attached hydrogen (secondary N) is 1. The number of carbonyl (C=O) groups is 1. The number of pyridine rings is 1. The van der Waals surface area contributed by atoms with Crippen LogP contribution in [0.25, 0.3) is 10.9 Å². The zero-order valence-electron chi connectivity index (χ0n) is 13.6. The maximum absolute atomic E-state index is 12.2. The van der Waals surface area contributed by atoms with Crippen LogP contribution in [0, 0.1) is 11.3 Å². The van der Waals surface area contributed by atoms with Crippen LogP contribution >= 0.6 is 11.3 Å². The van der Waals surface area contributed by atoms with Crippen LogP contribution in [0.3, 0.4) is 0 Å². The first kappa shape index (κ1) is 16.1. The summed E-state index contributed by atoms with van der Waals surface area (Å²) in [6.45, 7) is 0. The van der Waals surface area contributed by atoms with Gasteiger partial charge in [0.1, 0.15) is 27.8 Å². The molecule has 26 heavy (non-hydrogen) atoms. The molecule has 0 bridgehead atoms. The number of nitrogens with two attached hydrogens (primary N) is 3. The molecule has 3 heterocycles. The summed E-state index contributed by atoms with van der Waals surface area (Å²) in [6, 6.07) is 11.7. The summed E-state index contributed by atoms with van der Waals surface area (Å²) in [5.41, 5.74) is 14.8. The Morgan fingerprint density at radius 1 is 1.31 bits per heavy atom. The Morgan fingerprint density at radius 3 is 2.73 bits per heavy atom. The Balaban J connectivity index is 2.13. The molecule has 7 nitrogen and oxygen atoms in total. The number of carbonyl (C=O) groups excluding carboxylic acids is 1. The van der Waals surface area contributed by atoms with Crippen LogP contribution in [0.4, 0.5) is 16.5 Å². The Bertz CT molecular complexity index is 1160. The van der Waals surface area contributed by atoms with Gasteiger partial charge in [-0.2, -0.15) is 5.26 Å². The summed E-state index contributed by atoms with van der Waals surface area (Å²) in [5.74, 6) is -0.228. The molecule has 0 unspecified atom stereocenters. The molecular formula is C18H15N6OS+. The molecule has 0 saturated carbocycles. The van der Waals surface area contributed by atoms with E-state index in [-0.39, 0.29) is 35.3 Å². The third-order valence-electron chi connectivity index (χ3n) is 4.53. The molecule has 8 heteroatoms. The van der Waals surface area contributed by atoms with E-state index in [1.54, 1.807) is 0 Å². The molecule has 0 saturated heterocycles. The second-order valence-electron chi connectivity index (χ2n) is 6.05. The van der Waals surface area contributed by atoms with Gasteiger partial charge in [-0.25, -0.2) is 10.4 Å². The minimum atomic E-state index is -0.196. The number of hydrogen-bond acceptors (Lipinski definition) is 6. The van der Waals surface area contributed by atoms with E-state index in [9.17, 15) is 10.1 Å². The predicted molar refractivity (Wildman–Crippen MR) is 99.8 cm³/mol. The molecule has 0 aliphatic carbocycles. The fourth-order valence-corrected chi connectivity index (χ4v) is 4.40. The number of hydrogen-bond donors (Lipinski definition) is 4. The highest BCUT2D eigenvalue weighted by Crippen LogP contribution is 2.43. The van der Waals surface area contributed by atoms with Crippen molar-refractivity contribution in [3.63, 3.8) is 0 Å². The molecule has 1 aromatic carbocycles. The first-order valence-corrected chi connectivity index (χ1v) is 8.72. The van der Waals surface area contributed by atoms with E-state index in [1.165, 1.54) is 11.3 Å². The second kappa shape index (κ2) is 5.82.